The highest BCUT2D eigenvalue weighted by Crippen LogP contribution is 2.46. The van der Waals surface area contributed by atoms with Crippen LogP contribution in [-0.2, 0) is 0 Å². The minimum Gasteiger partial charge on any atom is -0.362 e. The standard InChI is InChI=1S/C51H60N2/c1-12-42(27-35(7)31(2)3)52(43-20-13-32(4)36(8)28-43)39(11)46-23-16-40-18-25-48-49(26-19-41-17-24-47(46)50(40)51(41)48)53(44-21-14-33(5)37(9)29-44)45-22-15-34(6)38(10)30-45/h13-14,16-21,23-26,28-31,35,39,42H,12,15,22,27H2,1-11H3. The highest BCUT2D eigenvalue weighted by atomic mass is 15.2. The van der Waals surface area contributed by atoms with Crippen molar-refractivity contribution in [2.24, 2.45) is 11.8 Å². The van der Waals surface area contributed by atoms with E-state index < -0.39 is 0 Å². The van der Waals surface area contributed by atoms with Crippen LogP contribution in [0, 0.1) is 39.5 Å². The molecule has 6 aromatic rings. The molecule has 274 valence electrons. The monoisotopic (exact) mass is 700 g/mol. The van der Waals surface area contributed by atoms with Crippen molar-refractivity contribution in [2.75, 3.05) is 9.80 Å². The Morgan fingerprint density at radius 1 is 0.604 bits per heavy atom. The quantitative estimate of drug-likeness (QED) is 0.124. The van der Waals surface area contributed by atoms with E-state index in [9.17, 15) is 0 Å². The lowest BCUT2D eigenvalue weighted by Gasteiger charge is -2.41. The van der Waals surface area contributed by atoms with Crippen molar-refractivity contribution < 1.29 is 0 Å². The van der Waals surface area contributed by atoms with Gasteiger partial charge in [-0.1, -0.05) is 93.4 Å². The normalized spacial score (nSPS) is 15.4. The predicted molar refractivity (Wildman–Crippen MR) is 233 cm³/mol. The lowest BCUT2D eigenvalue weighted by atomic mass is 9.86. The van der Waals surface area contributed by atoms with Crippen LogP contribution in [0.15, 0.2) is 108 Å². The Morgan fingerprint density at radius 3 is 1.81 bits per heavy atom. The number of aryl methyl sites for hydroxylation is 4. The van der Waals surface area contributed by atoms with Crippen LogP contribution < -0.4 is 9.80 Å². The van der Waals surface area contributed by atoms with Crippen LogP contribution in [0.3, 0.4) is 0 Å². The van der Waals surface area contributed by atoms with Crippen LogP contribution in [0.25, 0.3) is 32.3 Å². The Balaban J connectivity index is 1.44. The van der Waals surface area contributed by atoms with Gasteiger partial charge in [0.05, 0.1) is 11.7 Å². The van der Waals surface area contributed by atoms with Crippen LogP contribution in [0.1, 0.15) is 108 Å². The van der Waals surface area contributed by atoms with Crippen molar-refractivity contribution in [3.8, 4) is 0 Å². The average molecular weight is 701 g/mol. The fourth-order valence-electron chi connectivity index (χ4n) is 8.79. The van der Waals surface area contributed by atoms with Crippen LogP contribution >= 0.6 is 0 Å². The maximum atomic E-state index is 2.76. The highest BCUT2D eigenvalue weighted by molar-refractivity contribution is 6.26. The summed E-state index contributed by atoms with van der Waals surface area (Å²) in [7, 11) is 0. The highest BCUT2D eigenvalue weighted by Gasteiger charge is 2.29. The number of rotatable bonds is 11. The molecule has 7 rings (SSSR count). The summed E-state index contributed by atoms with van der Waals surface area (Å²) < 4.78 is 0. The van der Waals surface area contributed by atoms with Crippen LogP contribution in [0.2, 0.25) is 0 Å². The first-order valence-electron chi connectivity index (χ1n) is 20.2. The second kappa shape index (κ2) is 14.7. The molecule has 0 saturated carbocycles. The zero-order chi connectivity index (χ0) is 37.7. The fourth-order valence-corrected chi connectivity index (χ4v) is 8.79. The van der Waals surface area contributed by atoms with E-state index in [4.69, 9.17) is 0 Å². The second-order valence-electron chi connectivity index (χ2n) is 16.7. The second-order valence-corrected chi connectivity index (χ2v) is 16.7. The number of anilines is 3. The van der Waals surface area contributed by atoms with Gasteiger partial charge in [0.15, 0.2) is 0 Å². The smallest absolute Gasteiger partial charge is 0.0537 e. The Bertz CT molecular complexity index is 2350. The third-order valence-electron chi connectivity index (χ3n) is 13.1. The summed E-state index contributed by atoms with van der Waals surface area (Å²) in [5.41, 5.74) is 14.8. The van der Waals surface area contributed by atoms with E-state index in [1.807, 2.05) is 0 Å². The summed E-state index contributed by atoms with van der Waals surface area (Å²) in [6, 6.07) is 33.8. The number of hydrogen-bond acceptors (Lipinski definition) is 2. The van der Waals surface area contributed by atoms with Gasteiger partial charge in [-0.25, -0.2) is 0 Å². The molecule has 3 atom stereocenters. The van der Waals surface area contributed by atoms with Crippen molar-refractivity contribution in [3.63, 3.8) is 0 Å². The van der Waals surface area contributed by atoms with Gasteiger partial charge in [0.2, 0.25) is 0 Å². The summed E-state index contributed by atoms with van der Waals surface area (Å²) >= 11 is 0. The number of allylic oxidation sites excluding steroid dienone is 4. The first kappa shape index (κ1) is 36.8. The molecule has 3 unspecified atom stereocenters. The largest absolute Gasteiger partial charge is 0.362 e. The first-order valence-corrected chi connectivity index (χ1v) is 20.2. The molecule has 1 aliphatic carbocycles. The van der Waals surface area contributed by atoms with Gasteiger partial charge in [0.25, 0.3) is 0 Å². The lowest BCUT2D eigenvalue weighted by Crippen LogP contribution is -2.39. The zero-order valence-corrected chi connectivity index (χ0v) is 34.2. The van der Waals surface area contributed by atoms with Gasteiger partial charge in [-0.15, -0.1) is 0 Å². The molecule has 6 aromatic carbocycles. The molecular formula is C51H60N2. The zero-order valence-electron chi connectivity index (χ0n) is 34.2. The Labute approximate surface area is 319 Å². The molecule has 0 radical (unpaired) electrons. The van der Waals surface area contributed by atoms with E-state index in [0.717, 1.165) is 19.3 Å². The molecule has 0 saturated heterocycles. The molecule has 0 aromatic heterocycles. The van der Waals surface area contributed by atoms with Gasteiger partial charge in [0.1, 0.15) is 0 Å². The van der Waals surface area contributed by atoms with Crippen molar-refractivity contribution in [2.45, 2.75) is 114 Å². The number of benzene rings is 6. The first-order chi connectivity index (χ1) is 25.4. The summed E-state index contributed by atoms with van der Waals surface area (Å²) in [5.74, 6) is 1.30. The van der Waals surface area contributed by atoms with E-state index in [1.165, 1.54) is 100 Å². The maximum absolute atomic E-state index is 2.76. The van der Waals surface area contributed by atoms with Crippen molar-refractivity contribution in [1.82, 2.24) is 0 Å². The molecule has 1 aliphatic rings. The van der Waals surface area contributed by atoms with Gasteiger partial charge in [-0.3, -0.25) is 0 Å². The molecule has 0 N–H and O–H groups in total. The van der Waals surface area contributed by atoms with Gasteiger partial charge < -0.3 is 9.80 Å². The summed E-state index contributed by atoms with van der Waals surface area (Å²) in [4.78, 5) is 5.32. The molecule has 0 aliphatic heterocycles. The van der Waals surface area contributed by atoms with Crippen molar-refractivity contribution >= 4 is 49.4 Å². The lowest BCUT2D eigenvalue weighted by molar-refractivity contribution is 0.338. The third kappa shape index (κ3) is 6.75. The van der Waals surface area contributed by atoms with E-state index in [1.54, 1.807) is 0 Å². The molecule has 0 bridgehead atoms. The van der Waals surface area contributed by atoms with Gasteiger partial charge in [0, 0.05) is 28.5 Å². The molecule has 0 heterocycles. The summed E-state index contributed by atoms with van der Waals surface area (Å²) in [6.45, 7) is 25.5. The number of hydrogen-bond donors (Lipinski definition) is 0. The Kier molecular flexibility index (Phi) is 10.2. The van der Waals surface area contributed by atoms with Gasteiger partial charge in [-0.05, 0) is 177 Å². The molecule has 2 nitrogen and oxygen atoms in total. The van der Waals surface area contributed by atoms with Gasteiger partial charge in [-0.2, -0.15) is 0 Å². The molecule has 0 amide bonds. The molecule has 0 fully saturated rings. The number of nitrogens with zero attached hydrogens (tertiary/aromatic N) is 2. The Hall–Kier alpha value is -4.56. The Morgan fingerprint density at radius 2 is 1.19 bits per heavy atom. The SMILES string of the molecule is CCC(CC(C)C(C)C)N(c1ccc(C)c(C)c1)C(C)c1ccc2ccc3c(N(C4=CC(C)=C(C)CC4)c4ccc(C)c(C)c4)ccc4ccc1c2c43. The summed E-state index contributed by atoms with van der Waals surface area (Å²) in [5, 5.41) is 8.07. The van der Waals surface area contributed by atoms with E-state index in [0.29, 0.717) is 17.9 Å². The van der Waals surface area contributed by atoms with Crippen molar-refractivity contribution in [3.05, 3.63) is 136 Å². The average Bonchev–Trinajstić information content (AvgIpc) is 3.14. The minimum atomic E-state index is 0.197. The molecule has 2 heteroatoms. The minimum absolute atomic E-state index is 0.197. The summed E-state index contributed by atoms with van der Waals surface area (Å²) in [6.07, 6.45) is 6.85. The van der Waals surface area contributed by atoms with E-state index in [2.05, 4.69) is 177 Å². The van der Waals surface area contributed by atoms with Gasteiger partial charge >= 0.3 is 0 Å². The van der Waals surface area contributed by atoms with E-state index in [-0.39, 0.29) is 6.04 Å². The van der Waals surface area contributed by atoms with Crippen LogP contribution in [0.5, 0.6) is 0 Å². The predicted octanol–water partition coefficient (Wildman–Crippen LogP) is 15.0. The van der Waals surface area contributed by atoms with E-state index >= 15 is 0 Å². The molecular weight excluding hydrogens is 641 g/mol. The van der Waals surface area contributed by atoms with Crippen molar-refractivity contribution in [1.29, 1.82) is 0 Å². The maximum Gasteiger partial charge on any atom is 0.0537 e. The fraction of sp³-hybridized carbons (Fsp3) is 0.373. The van der Waals surface area contributed by atoms with Crippen LogP contribution in [-0.4, -0.2) is 6.04 Å². The topological polar surface area (TPSA) is 6.48 Å². The third-order valence-corrected chi connectivity index (χ3v) is 13.1. The molecule has 0 spiro atoms. The molecule has 53 heavy (non-hydrogen) atoms. The van der Waals surface area contributed by atoms with Crippen LogP contribution in [0.4, 0.5) is 17.1 Å².